The van der Waals surface area contributed by atoms with E-state index in [1.54, 1.807) is 0 Å². The van der Waals surface area contributed by atoms with Gasteiger partial charge in [-0.3, -0.25) is 0 Å². The summed E-state index contributed by atoms with van der Waals surface area (Å²) in [6.07, 6.45) is 31.4. The Hall–Kier alpha value is -0.740. The number of hydrogen-bond acceptors (Lipinski definition) is 3. The Morgan fingerprint density at radius 1 is 0.436 bits per heavy atom. The quantitative estimate of drug-likeness (QED) is 0.0714. The van der Waals surface area contributed by atoms with E-state index in [2.05, 4.69) is 34.6 Å². The van der Waals surface area contributed by atoms with E-state index in [-0.39, 0.29) is 27.8 Å². The van der Waals surface area contributed by atoms with Crippen molar-refractivity contribution in [3.63, 3.8) is 0 Å². The molecular weight excluding hydrogens is 482 g/mol. The van der Waals surface area contributed by atoms with Crippen LogP contribution in [-0.2, 0) is 9.59 Å². The molecule has 0 aromatic rings. The zero-order valence-electron chi connectivity index (χ0n) is 27.4. The molecule has 4 nitrogen and oxygen atoms in total. The zero-order chi connectivity index (χ0) is 28.3. The first kappa shape index (κ1) is 40.4. The SMILES string of the molecule is CCCCCCCCCCCCCC(=O)[N+](CCCC)(C(=O)CCCCCCCCCCCCC)C(C)C.[OH-]. The van der Waals surface area contributed by atoms with E-state index in [0.29, 0.717) is 19.4 Å². The summed E-state index contributed by atoms with van der Waals surface area (Å²) in [6.45, 7) is 11.6. The molecule has 0 fully saturated rings. The van der Waals surface area contributed by atoms with Crippen LogP contribution in [0.3, 0.4) is 0 Å². The highest BCUT2D eigenvalue weighted by molar-refractivity contribution is 5.84. The van der Waals surface area contributed by atoms with Crippen molar-refractivity contribution in [3.8, 4) is 0 Å². The highest BCUT2D eigenvalue weighted by Gasteiger charge is 2.45. The Balaban J connectivity index is 0. The number of nitrogens with zero attached hydrogens (tertiary/aromatic N) is 1. The molecule has 0 radical (unpaired) electrons. The fraction of sp³-hybridized carbons (Fsp3) is 0.943. The van der Waals surface area contributed by atoms with E-state index in [1.807, 2.05) is 0 Å². The van der Waals surface area contributed by atoms with Crippen molar-refractivity contribution in [2.75, 3.05) is 6.54 Å². The van der Waals surface area contributed by atoms with Gasteiger partial charge in [0.05, 0.1) is 25.4 Å². The molecule has 0 aromatic heterocycles. The molecular formula is C35H71NO3. The Morgan fingerprint density at radius 2 is 0.692 bits per heavy atom. The molecule has 0 atom stereocenters. The summed E-state index contributed by atoms with van der Waals surface area (Å²) >= 11 is 0. The molecule has 234 valence electrons. The Bertz CT molecular complexity index is 508. The third-order valence-electron chi connectivity index (χ3n) is 8.62. The minimum Gasteiger partial charge on any atom is -0.870 e. The van der Waals surface area contributed by atoms with Gasteiger partial charge in [0, 0.05) is 0 Å². The number of quaternary nitrogens is 1. The second kappa shape index (κ2) is 28.8. The lowest BCUT2D eigenvalue weighted by molar-refractivity contribution is -0.803. The van der Waals surface area contributed by atoms with Crippen molar-refractivity contribution in [2.24, 2.45) is 0 Å². The maximum atomic E-state index is 13.6. The molecule has 0 saturated carbocycles. The summed E-state index contributed by atoms with van der Waals surface area (Å²) in [7, 11) is 0. The number of imide groups is 1. The Labute approximate surface area is 245 Å². The van der Waals surface area contributed by atoms with Gasteiger partial charge in [-0.2, -0.15) is 4.48 Å². The van der Waals surface area contributed by atoms with Crippen molar-refractivity contribution in [1.82, 2.24) is 0 Å². The van der Waals surface area contributed by atoms with E-state index in [1.165, 1.54) is 116 Å². The summed E-state index contributed by atoms with van der Waals surface area (Å²) in [5.41, 5.74) is 0. The minimum atomic E-state index is 0. The lowest BCUT2D eigenvalue weighted by Crippen LogP contribution is -2.61. The smallest absolute Gasteiger partial charge is 0.321 e. The van der Waals surface area contributed by atoms with Crippen LogP contribution in [0.15, 0.2) is 0 Å². The predicted octanol–water partition coefficient (Wildman–Crippen LogP) is 11.3. The lowest BCUT2D eigenvalue weighted by Gasteiger charge is -2.37. The number of carbonyl (C=O) groups excluding carboxylic acids is 2. The van der Waals surface area contributed by atoms with Gasteiger partial charge >= 0.3 is 11.8 Å². The molecule has 0 heterocycles. The van der Waals surface area contributed by atoms with Gasteiger partial charge in [0.2, 0.25) is 0 Å². The van der Waals surface area contributed by atoms with Crippen molar-refractivity contribution < 1.29 is 19.5 Å². The molecule has 0 aromatic carbocycles. The van der Waals surface area contributed by atoms with E-state index >= 15 is 0 Å². The molecule has 0 aliphatic carbocycles. The van der Waals surface area contributed by atoms with Gasteiger partial charge in [-0.15, -0.1) is 0 Å². The van der Waals surface area contributed by atoms with E-state index in [9.17, 15) is 9.59 Å². The van der Waals surface area contributed by atoms with Crippen molar-refractivity contribution in [1.29, 1.82) is 0 Å². The summed E-state index contributed by atoms with van der Waals surface area (Å²) in [6, 6.07) is 0.0435. The first-order valence-electron chi connectivity index (χ1n) is 17.4. The van der Waals surface area contributed by atoms with Crippen LogP contribution in [0.2, 0.25) is 0 Å². The third-order valence-corrected chi connectivity index (χ3v) is 8.62. The zero-order valence-corrected chi connectivity index (χ0v) is 27.4. The normalized spacial score (nSPS) is 11.6. The van der Waals surface area contributed by atoms with Crippen LogP contribution < -0.4 is 0 Å². The maximum Gasteiger partial charge on any atom is 0.321 e. The maximum absolute atomic E-state index is 13.6. The summed E-state index contributed by atoms with van der Waals surface area (Å²) in [5, 5.41) is 0. The van der Waals surface area contributed by atoms with Gasteiger partial charge in [-0.25, -0.2) is 9.59 Å². The molecule has 0 bridgehead atoms. The second-order valence-corrected chi connectivity index (χ2v) is 12.4. The highest BCUT2D eigenvalue weighted by Crippen LogP contribution is 2.24. The van der Waals surface area contributed by atoms with Gasteiger partial charge in [0.15, 0.2) is 0 Å². The monoisotopic (exact) mass is 554 g/mol. The fourth-order valence-electron chi connectivity index (χ4n) is 5.91. The predicted molar refractivity (Wildman–Crippen MR) is 169 cm³/mol. The first-order valence-corrected chi connectivity index (χ1v) is 17.4. The highest BCUT2D eigenvalue weighted by atomic mass is 16.2. The summed E-state index contributed by atoms with van der Waals surface area (Å²) < 4.78 is 0.101. The molecule has 1 N–H and O–H groups in total. The number of hydrogen-bond donors (Lipinski definition) is 0. The van der Waals surface area contributed by atoms with Gasteiger partial charge in [-0.1, -0.05) is 156 Å². The Morgan fingerprint density at radius 3 is 0.949 bits per heavy atom. The second-order valence-electron chi connectivity index (χ2n) is 12.4. The van der Waals surface area contributed by atoms with Crippen LogP contribution in [0, 0.1) is 0 Å². The molecule has 2 amide bonds. The minimum absolute atomic E-state index is 0. The van der Waals surface area contributed by atoms with Crippen LogP contribution in [0.4, 0.5) is 0 Å². The molecule has 0 spiro atoms. The average Bonchev–Trinajstić information content (AvgIpc) is 2.90. The number of carbonyl (C=O) groups is 2. The molecule has 0 rings (SSSR count). The third kappa shape index (κ3) is 19.9. The van der Waals surface area contributed by atoms with Crippen molar-refractivity contribution in [2.45, 2.75) is 208 Å². The fourth-order valence-corrected chi connectivity index (χ4v) is 5.91. The van der Waals surface area contributed by atoms with Crippen LogP contribution >= 0.6 is 0 Å². The summed E-state index contributed by atoms with van der Waals surface area (Å²) in [5.74, 6) is 0.384. The number of amides is 2. The molecule has 39 heavy (non-hydrogen) atoms. The average molecular weight is 554 g/mol. The summed E-state index contributed by atoms with van der Waals surface area (Å²) in [4.78, 5) is 27.1. The van der Waals surface area contributed by atoms with E-state index in [4.69, 9.17) is 0 Å². The van der Waals surface area contributed by atoms with E-state index in [0.717, 1.165) is 38.5 Å². The van der Waals surface area contributed by atoms with Crippen molar-refractivity contribution >= 4 is 11.8 Å². The standard InChI is InChI=1S/C35H70NO2.H2O/c1-6-9-12-14-16-18-20-22-24-26-28-30-34(37)36(33(4)5,32-11-8-3)35(38)31-29-27-25-23-21-19-17-15-13-10-7-2;/h33H,6-32H2,1-5H3;1H2/q+1;/p-1. The van der Waals surface area contributed by atoms with Crippen LogP contribution in [0.1, 0.15) is 202 Å². The Kier molecular flexibility index (Phi) is 29.8. The molecule has 0 aliphatic rings. The number of unbranched alkanes of at least 4 members (excludes halogenated alkanes) is 21. The van der Waals surface area contributed by atoms with Gasteiger partial charge in [0.25, 0.3) is 0 Å². The van der Waals surface area contributed by atoms with Crippen molar-refractivity contribution in [3.05, 3.63) is 0 Å². The molecule has 4 heteroatoms. The molecule has 0 unspecified atom stereocenters. The van der Waals surface area contributed by atoms with Crippen LogP contribution in [-0.4, -0.2) is 34.4 Å². The van der Waals surface area contributed by atoms with E-state index < -0.39 is 0 Å². The first-order chi connectivity index (χ1) is 18.5. The topological polar surface area (TPSA) is 64.1 Å². The van der Waals surface area contributed by atoms with Gasteiger partial charge in [-0.05, 0) is 33.1 Å². The van der Waals surface area contributed by atoms with Crippen LogP contribution in [0.5, 0.6) is 0 Å². The lowest BCUT2D eigenvalue weighted by atomic mass is 10.0. The van der Waals surface area contributed by atoms with Crippen LogP contribution in [0.25, 0.3) is 0 Å². The van der Waals surface area contributed by atoms with Gasteiger partial charge in [0.1, 0.15) is 0 Å². The largest absolute Gasteiger partial charge is 0.870 e. The molecule has 0 saturated heterocycles. The van der Waals surface area contributed by atoms with Gasteiger partial charge < -0.3 is 5.48 Å². The molecule has 0 aliphatic heterocycles. The number of rotatable bonds is 28.